The van der Waals surface area contributed by atoms with Gasteiger partial charge in [-0.25, -0.2) is 0 Å². The Morgan fingerprint density at radius 2 is 2.05 bits per heavy atom. The monoisotopic (exact) mass is 256 g/mol. The van der Waals surface area contributed by atoms with Crippen LogP contribution in [0, 0.1) is 5.92 Å². The van der Waals surface area contributed by atoms with Gasteiger partial charge in [-0.15, -0.1) is 10.2 Å². The largest absolute Gasteiger partial charge is 0.298 e. The van der Waals surface area contributed by atoms with Crippen LogP contribution in [0.3, 0.4) is 0 Å². The van der Waals surface area contributed by atoms with E-state index in [2.05, 4.69) is 15.4 Å². The van der Waals surface area contributed by atoms with Gasteiger partial charge in [0.15, 0.2) is 0 Å². The van der Waals surface area contributed by atoms with Crippen molar-refractivity contribution in [3.05, 3.63) is 29.8 Å². The van der Waals surface area contributed by atoms with Crippen LogP contribution in [0.15, 0.2) is 24.3 Å². The van der Waals surface area contributed by atoms with E-state index in [0.29, 0.717) is 11.4 Å². The fourth-order valence-electron chi connectivity index (χ4n) is 2.09. The van der Waals surface area contributed by atoms with Gasteiger partial charge in [0.25, 0.3) is 0 Å². The zero-order valence-electron chi connectivity index (χ0n) is 10.7. The molecule has 5 nitrogen and oxygen atoms in total. The Morgan fingerprint density at radius 3 is 2.74 bits per heavy atom. The summed E-state index contributed by atoms with van der Waals surface area (Å²) in [6.07, 6.45) is 5.99. The lowest BCUT2D eigenvalue weighted by Gasteiger charge is -1.97. The molecule has 1 aromatic carbocycles. The summed E-state index contributed by atoms with van der Waals surface area (Å²) in [4.78, 5) is 12.2. The number of hydrogen-bond donors (Lipinski definition) is 0. The molecule has 1 fully saturated rings. The molecule has 0 bridgehead atoms. The fourth-order valence-corrected chi connectivity index (χ4v) is 2.09. The Hall–Kier alpha value is -2.04. The van der Waals surface area contributed by atoms with Crippen LogP contribution >= 0.6 is 0 Å². The van der Waals surface area contributed by atoms with Crippen molar-refractivity contribution >= 4 is 6.29 Å². The minimum atomic E-state index is 0.615. The van der Waals surface area contributed by atoms with Crippen molar-refractivity contribution in [1.82, 2.24) is 20.2 Å². The first kappa shape index (κ1) is 12.0. The topological polar surface area (TPSA) is 60.7 Å². The van der Waals surface area contributed by atoms with Gasteiger partial charge in [0.1, 0.15) is 6.29 Å². The molecule has 0 saturated heterocycles. The highest BCUT2D eigenvalue weighted by Gasteiger charge is 2.20. The third-order valence-corrected chi connectivity index (χ3v) is 3.43. The van der Waals surface area contributed by atoms with Gasteiger partial charge in [-0.05, 0) is 24.0 Å². The Balaban J connectivity index is 1.63. The van der Waals surface area contributed by atoms with E-state index in [1.807, 2.05) is 12.1 Å². The lowest BCUT2D eigenvalue weighted by Crippen LogP contribution is -2.02. The number of rotatable bonds is 6. The first-order valence-corrected chi connectivity index (χ1v) is 6.68. The van der Waals surface area contributed by atoms with Crippen LogP contribution in [-0.4, -0.2) is 26.5 Å². The second-order valence-electron chi connectivity index (χ2n) is 5.03. The molecule has 0 spiro atoms. The average Bonchev–Trinajstić information content (AvgIpc) is 3.15. The standard InChI is InChI=1S/C14H16N4O/c19-10-12-5-7-13(8-6-12)14-15-17-18(16-14)9-1-2-11-3-4-11/h5-8,10-11H,1-4,9H2. The number of nitrogens with zero attached hydrogens (tertiary/aromatic N) is 4. The number of carbonyl (C=O) groups excluding carboxylic acids is 1. The predicted molar refractivity (Wildman–Crippen MR) is 70.6 cm³/mol. The normalized spacial score (nSPS) is 14.5. The van der Waals surface area contributed by atoms with Gasteiger partial charge in [0, 0.05) is 11.1 Å². The molecule has 2 aromatic rings. The van der Waals surface area contributed by atoms with Crippen molar-refractivity contribution in [2.75, 3.05) is 0 Å². The molecule has 1 aromatic heterocycles. The molecular weight excluding hydrogens is 240 g/mol. The van der Waals surface area contributed by atoms with Crippen molar-refractivity contribution in [2.45, 2.75) is 32.2 Å². The van der Waals surface area contributed by atoms with Crippen LogP contribution < -0.4 is 0 Å². The zero-order chi connectivity index (χ0) is 13.1. The van der Waals surface area contributed by atoms with E-state index in [1.54, 1.807) is 16.9 Å². The second-order valence-corrected chi connectivity index (χ2v) is 5.03. The quantitative estimate of drug-likeness (QED) is 0.744. The highest BCUT2D eigenvalue weighted by molar-refractivity contribution is 5.76. The van der Waals surface area contributed by atoms with Gasteiger partial charge >= 0.3 is 0 Å². The number of benzene rings is 1. The number of carbonyl (C=O) groups is 1. The molecule has 0 aliphatic heterocycles. The molecule has 1 saturated carbocycles. The highest BCUT2D eigenvalue weighted by Crippen LogP contribution is 2.33. The van der Waals surface area contributed by atoms with Crippen LogP contribution in [0.5, 0.6) is 0 Å². The molecule has 0 unspecified atom stereocenters. The zero-order valence-corrected chi connectivity index (χ0v) is 10.7. The van der Waals surface area contributed by atoms with Crippen LogP contribution in [-0.2, 0) is 6.54 Å². The van der Waals surface area contributed by atoms with E-state index in [9.17, 15) is 4.79 Å². The molecule has 5 heteroatoms. The summed E-state index contributed by atoms with van der Waals surface area (Å²) >= 11 is 0. The van der Waals surface area contributed by atoms with E-state index in [1.165, 1.54) is 19.3 Å². The number of aryl methyl sites for hydroxylation is 1. The summed E-state index contributed by atoms with van der Waals surface area (Å²) in [7, 11) is 0. The molecule has 3 rings (SSSR count). The van der Waals surface area contributed by atoms with E-state index >= 15 is 0 Å². The second kappa shape index (κ2) is 5.30. The van der Waals surface area contributed by atoms with Gasteiger partial charge in [-0.3, -0.25) is 4.79 Å². The molecule has 0 radical (unpaired) electrons. The molecule has 0 N–H and O–H groups in total. The number of aldehydes is 1. The first-order chi connectivity index (χ1) is 9.35. The molecule has 19 heavy (non-hydrogen) atoms. The summed E-state index contributed by atoms with van der Waals surface area (Å²) < 4.78 is 0. The maximum atomic E-state index is 10.6. The summed E-state index contributed by atoms with van der Waals surface area (Å²) in [5.41, 5.74) is 1.54. The van der Waals surface area contributed by atoms with Gasteiger partial charge in [-0.1, -0.05) is 37.1 Å². The molecule has 1 aliphatic carbocycles. The molecule has 1 heterocycles. The van der Waals surface area contributed by atoms with Crippen molar-refractivity contribution in [3.8, 4) is 11.4 Å². The Kier molecular flexibility index (Phi) is 3.35. The van der Waals surface area contributed by atoms with Crippen LogP contribution in [0.4, 0.5) is 0 Å². The van der Waals surface area contributed by atoms with Crippen molar-refractivity contribution < 1.29 is 4.79 Å². The van der Waals surface area contributed by atoms with Gasteiger partial charge in [-0.2, -0.15) is 4.80 Å². The van der Waals surface area contributed by atoms with Crippen LogP contribution in [0.25, 0.3) is 11.4 Å². The third kappa shape index (κ3) is 3.05. The summed E-state index contributed by atoms with van der Waals surface area (Å²) in [5, 5.41) is 12.5. The Morgan fingerprint density at radius 1 is 1.26 bits per heavy atom. The van der Waals surface area contributed by atoms with E-state index in [0.717, 1.165) is 30.7 Å². The molecular formula is C14H16N4O. The summed E-state index contributed by atoms with van der Waals surface area (Å²) in [6.45, 7) is 0.829. The SMILES string of the molecule is O=Cc1ccc(-c2nnn(CCCC3CC3)n2)cc1. The van der Waals surface area contributed by atoms with Crippen LogP contribution in [0.1, 0.15) is 36.0 Å². The third-order valence-electron chi connectivity index (χ3n) is 3.43. The minimum absolute atomic E-state index is 0.615. The summed E-state index contributed by atoms with van der Waals surface area (Å²) in [5.74, 6) is 1.56. The highest BCUT2D eigenvalue weighted by atomic mass is 16.1. The number of aromatic nitrogens is 4. The molecule has 1 aliphatic rings. The Labute approximate surface area is 111 Å². The maximum Gasteiger partial charge on any atom is 0.204 e. The lowest BCUT2D eigenvalue weighted by molar-refractivity contribution is 0.112. The molecule has 98 valence electrons. The first-order valence-electron chi connectivity index (χ1n) is 6.68. The summed E-state index contributed by atoms with van der Waals surface area (Å²) in [6, 6.07) is 7.21. The van der Waals surface area contributed by atoms with Crippen LogP contribution in [0.2, 0.25) is 0 Å². The fraction of sp³-hybridized carbons (Fsp3) is 0.429. The maximum absolute atomic E-state index is 10.6. The van der Waals surface area contributed by atoms with Crippen molar-refractivity contribution in [1.29, 1.82) is 0 Å². The smallest absolute Gasteiger partial charge is 0.204 e. The predicted octanol–water partition coefficient (Wildman–Crippen LogP) is 2.34. The minimum Gasteiger partial charge on any atom is -0.298 e. The van der Waals surface area contributed by atoms with E-state index in [4.69, 9.17) is 0 Å². The van der Waals surface area contributed by atoms with Crippen molar-refractivity contribution in [2.24, 2.45) is 5.92 Å². The lowest BCUT2D eigenvalue weighted by atomic mass is 10.1. The number of tetrazole rings is 1. The van der Waals surface area contributed by atoms with E-state index in [-0.39, 0.29) is 0 Å². The van der Waals surface area contributed by atoms with Crippen molar-refractivity contribution in [3.63, 3.8) is 0 Å². The Bertz CT molecular complexity index is 557. The van der Waals surface area contributed by atoms with Gasteiger partial charge in [0.05, 0.1) is 6.54 Å². The molecule has 0 amide bonds. The van der Waals surface area contributed by atoms with E-state index < -0.39 is 0 Å². The molecule has 0 atom stereocenters. The van der Waals surface area contributed by atoms with Gasteiger partial charge < -0.3 is 0 Å². The number of hydrogen-bond acceptors (Lipinski definition) is 4. The average molecular weight is 256 g/mol. The van der Waals surface area contributed by atoms with Gasteiger partial charge in [0.2, 0.25) is 5.82 Å².